The number of hydrogen-bond acceptors (Lipinski definition) is 6. The summed E-state index contributed by atoms with van der Waals surface area (Å²) in [6.07, 6.45) is 0. The minimum Gasteiger partial charge on any atom is -0.483 e. The normalized spacial score (nSPS) is 20.7. The number of carbonyl (C=O) groups excluding carboxylic acids is 1. The second kappa shape index (κ2) is 6.73. The van der Waals surface area contributed by atoms with Crippen LogP contribution in [0.15, 0.2) is 35.4 Å². The number of hydrazone groups is 1. The number of nitrogens with zero attached hydrogens (tertiary/aromatic N) is 2. The van der Waals surface area contributed by atoms with Crippen LogP contribution < -0.4 is 25.7 Å². The topological polar surface area (TPSA) is 78.0 Å². The number of nitrogens with one attached hydrogen (secondary N) is 3. The fourth-order valence-corrected chi connectivity index (χ4v) is 3.87. The SMILES string of the molecule is Cc1ccc(F)c(-c2cc3c(cc2NC2CNC2)N2C(=NNC(=O)C2C)CO3)c1. The first kappa shape index (κ1) is 17.9. The van der Waals surface area contributed by atoms with Gasteiger partial charge >= 0.3 is 0 Å². The van der Waals surface area contributed by atoms with Gasteiger partial charge in [-0.05, 0) is 38.1 Å². The van der Waals surface area contributed by atoms with E-state index >= 15 is 0 Å². The van der Waals surface area contributed by atoms with Crippen LogP contribution in [-0.4, -0.2) is 43.5 Å². The fourth-order valence-electron chi connectivity index (χ4n) is 3.87. The number of amidine groups is 1. The van der Waals surface area contributed by atoms with E-state index < -0.39 is 6.04 Å². The summed E-state index contributed by atoms with van der Waals surface area (Å²) in [4.78, 5) is 14.1. The van der Waals surface area contributed by atoms with Crippen LogP contribution in [0.5, 0.6) is 5.75 Å². The van der Waals surface area contributed by atoms with E-state index in [1.807, 2.05) is 36.9 Å². The lowest BCUT2D eigenvalue weighted by molar-refractivity contribution is -0.122. The van der Waals surface area contributed by atoms with E-state index in [9.17, 15) is 9.18 Å². The molecule has 2 aromatic carbocycles. The molecule has 2 aromatic rings. The van der Waals surface area contributed by atoms with Gasteiger partial charge in [-0.3, -0.25) is 4.79 Å². The fraction of sp³-hybridized carbons (Fsp3) is 0.333. The van der Waals surface area contributed by atoms with Gasteiger partial charge in [0, 0.05) is 29.9 Å². The van der Waals surface area contributed by atoms with Gasteiger partial charge in [-0.1, -0.05) is 11.6 Å². The van der Waals surface area contributed by atoms with Gasteiger partial charge in [-0.25, -0.2) is 9.82 Å². The summed E-state index contributed by atoms with van der Waals surface area (Å²) in [7, 11) is 0. The summed E-state index contributed by atoms with van der Waals surface area (Å²) < 4.78 is 20.6. The molecule has 1 saturated heterocycles. The number of carbonyl (C=O) groups is 1. The number of benzene rings is 2. The quantitative estimate of drug-likeness (QED) is 0.743. The van der Waals surface area contributed by atoms with Gasteiger partial charge in [0.15, 0.2) is 5.84 Å². The van der Waals surface area contributed by atoms with Crippen molar-refractivity contribution in [1.29, 1.82) is 0 Å². The molecule has 3 N–H and O–H groups in total. The molecule has 3 heterocycles. The van der Waals surface area contributed by atoms with Gasteiger partial charge < -0.3 is 20.3 Å². The molecule has 1 atom stereocenters. The molecule has 7 nitrogen and oxygen atoms in total. The highest BCUT2D eigenvalue weighted by Crippen LogP contribution is 2.43. The van der Waals surface area contributed by atoms with Crippen LogP contribution in [-0.2, 0) is 4.79 Å². The van der Waals surface area contributed by atoms with Crippen molar-refractivity contribution in [1.82, 2.24) is 10.7 Å². The molecular formula is C21H22FN5O2. The summed E-state index contributed by atoms with van der Waals surface area (Å²) in [6.45, 7) is 5.71. The average molecular weight is 395 g/mol. The lowest BCUT2D eigenvalue weighted by Gasteiger charge is -2.39. The van der Waals surface area contributed by atoms with E-state index in [4.69, 9.17) is 4.74 Å². The van der Waals surface area contributed by atoms with Crippen LogP contribution in [0.25, 0.3) is 11.1 Å². The van der Waals surface area contributed by atoms with E-state index in [-0.39, 0.29) is 24.4 Å². The lowest BCUT2D eigenvalue weighted by atomic mass is 9.98. The Labute approximate surface area is 167 Å². The van der Waals surface area contributed by atoms with Gasteiger partial charge in [0.05, 0.1) is 11.7 Å². The van der Waals surface area contributed by atoms with Gasteiger partial charge in [0.2, 0.25) is 0 Å². The van der Waals surface area contributed by atoms with Crippen LogP contribution in [0, 0.1) is 12.7 Å². The molecule has 3 aliphatic heterocycles. The Hall–Kier alpha value is -3.13. The highest BCUT2D eigenvalue weighted by Gasteiger charge is 2.36. The molecule has 0 aliphatic carbocycles. The third kappa shape index (κ3) is 3.00. The molecule has 0 saturated carbocycles. The second-order valence-corrected chi connectivity index (χ2v) is 7.69. The maximum Gasteiger partial charge on any atom is 0.262 e. The van der Waals surface area contributed by atoms with E-state index in [0.717, 1.165) is 35.6 Å². The molecule has 1 fully saturated rings. The molecular weight excluding hydrogens is 373 g/mol. The Morgan fingerprint density at radius 1 is 1.24 bits per heavy atom. The minimum atomic E-state index is -0.412. The zero-order valence-corrected chi connectivity index (χ0v) is 16.3. The van der Waals surface area contributed by atoms with Crippen molar-refractivity contribution in [3.63, 3.8) is 0 Å². The summed E-state index contributed by atoms with van der Waals surface area (Å²) in [6, 6.07) is 8.74. The van der Waals surface area contributed by atoms with Gasteiger partial charge in [-0.15, -0.1) is 0 Å². The zero-order chi connectivity index (χ0) is 20.1. The largest absolute Gasteiger partial charge is 0.483 e. The molecule has 0 bridgehead atoms. The molecule has 0 spiro atoms. The summed E-state index contributed by atoms with van der Waals surface area (Å²) >= 11 is 0. The van der Waals surface area contributed by atoms with Crippen molar-refractivity contribution in [2.75, 3.05) is 29.9 Å². The number of ether oxygens (including phenoxy) is 1. The standard InChI is InChI=1S/C21H22FN5O2/c1-11-3-4-16(22)14(5-11)15-6-19-18(7-17(15)24-13-8-23-9-13)27-12(2)21(28)26-25-20(27)10-29-19/h3-7,12-13,23-24H,8-10H2,1-2H3,(H,26,28). The minimum absolute atomic E-state index is 0.173. The average Bonchev–Trinajstić information content (AvgIpc) is 2.68. The molecule has 1 amide bonds. The number of aryl methyl sites for hydroxylation is 1. The highest BCUT2D eigenvalue weighted by molar-refractivity contribution is 6.10. The molecule has 150 valence electrons. The van der Waals surface area contributed by atoms with Crippen molar-refractivity contribution in [3.05, 3.63) is 41.7 Å². The van der Waals surface area contributed by atoms with Crippen molar-refractivity contribution < 1.29 is 13.9 Å². The van der Waals surface area contributed by atoms with E-state index in [0.29, 0.717) is 17.1 Å². The molecule has 29 heavy (non-hydrogen) atoms. The first-order chi connectivity index (χ1) is 14.0. The van der Waals surface area contributed by atoms with Crippen LogP contribution in [0.1, 0.15) is 12.5 Å². The van der Waals surface area contributed by atoms with E-state index in [2.05, 4.69) is 21.2 Å². The number of anilines is 2. The number of fused-ring (bicyclic) bond motifs is 3. The first-order valence-electron chi connectivity index (χ1n) is 9.71. The molecule has 3 aliphatic rings. The second-order valence-electron chi connectivity index (χ2n) is 7.69. The molecule has 0 aromatic heterocycles. The number of rotatable bonds is 3. The van der Waals surface area contributed by atoms with Gasteiger partial charge in [-0.2, -0.15) is 5.10 Å². The summed E-state index contributed by atoms with van der Waals surface area (Å²) in [5.41, 5.74) is 6.34. The van der Waals surface area contributed by atoms with Crippen molar-refractivity contribution in [3.8, 4) is 16.9 Å². The maximum atomic E-state index is 14.7. The van der Waals surface area contributed by atoms with E-state index in [1.54, 1.807) is 6.07 Å². The van der Waals surface area contributed by atoms with Crippen LogP contribution >= 0.6 is 0 Å². The van der Waals surface area contributed by atoms with Gasteiger partial charge in [0.25, 0.3) is 5.91 Å². The summed E-state index contributed by atoms with van der Waals surface area (Å²) in [5, 5.41) is 10.9. The Bertz CT molecular complexity index is 1030. The van der Waals surface area contributed by atoms with Gasteiger partial charge in [0.1, 0.15) is 24.2 Å². The predicted molar refractivity (Wildman–Crippen MR) is 110 cm³/mol. The molecule has 8 heteroatoms. The predicted octanol–water partition coefficient (Wildman–Crippen LogP) is 2.22. The smallest absolute Gasteiger partial charge is 0.262 e. The van der Waals surface area contributed by atoms with Crippen LogP contribution in [0.4, 0.5) is 15.8 Å². The molecule has 5 rings (SSSR count). The Morgan fingerprint density at radius 2 is 2.07 bits per heavy atom. The number of amides is 1. The van der Waals surface area contributed by atoms with Crippen molar-refractivity contribution >= 4 is 23.1 Å². The maximum absolute atomic E-state index is 14.7. The third-order valence-electron chi connectivity index (χ3n) is 5.61. The Balaban J connectivity index is 1.67. The van der Waals surface area contributed by atoms with Crippen LogP contribution in [0.2, 0.25) is 0 Å². The first-order valence-corrected chi connectivity index (χ1v) is 9.71. The van der Waals surface area contributed by atoms with Crippen LogP contribution in [0.3, 0.4) is 0 Å². The number of halogens is 1. The zero-order valence-electron chi connectivity index (χ0n) is 16.3. The monoisotopic (exact) mass is 395 g/mol. The third-order valence-corrected chi connectivity index (χ3v) is 5.61. The van der Waals surface area contributed by atoms with Crippen molar-refractivity contribution in [2.45, 2.75) is 25.9 Å². The highest BCUT2D eigenvalue weighted by atomic mass is 19.1. The summed E-state index contributed by atoms with van der Waals surface area (Å²) in [5.74, 6) is 0.802. The Kier molecular flexibility index (Phi) is 4.16. The van der Waals surface area contributed by atoms with E-state index in [1.165, 1.54) is 6.07 Å². The molecule has 0 radical (unpaired) electrons. The van der Waals surface area contributed by atoms with Crippen molar-refractivity contribution in [2.24, 2.45) is 5.10 Å². The number of hydrogen-bond donors (Lipinski definition) is 3. The Morgan fingerprint density at radius 3 is 2.83 bits per heavy atom. The lowest BCUT2D eigenvalue weighted by Crippen LogP contribution is -2.55. The molecule has 1 unspecified atom stereocenters.